The molecule has 1 aromatic rings. The summed E-state index contributed by atoms with van der Waals surface area (Å²) < 4.78 is 5.30. The Hall–Kier alpha value is -1.03. The van der Waals surface area contributed by atoms with E-state index in [1.807, 2.05) is 30.0 Å². The average Bonchev–Trinajstić information content (AvgIpc) is 2.36. The van der Waals surface area contributed by atoms with Gasteiger partial charge in [0.15, 0.2) is 0 Å². The first kappa shape index (κ1) is 14.4. The average molecular weight is 326 g/mol. The van der Waals surface area contributed by atoms with Crippen molar-refractivity contribution in [2.45, 2.75) is 32.2 Å². The fraction of sp³-hybridized carbons (Fsp3) is 0.533. The van der Waals surface area contributed by atoms with Crippen molar-refractivity contribution < 1.29 is 9.53 Å². The molecule has 0 heterocycles. The topological polar surface area (TPSA) is 29.5 Å². The van der Waals surface area contributed by atoms with Gasteiger partial charge in [-0.25, -0.2) is 0 Å². The predicted molar refractivity (Wildman–Crippen MR) is 80.2 cm³/mol. The minimum atomic E-state index is 0.113. The van der Waals surface area contributed by atoms with Crippen LogP contribution in [0.15, 0.2) is 18.2 Å². The van der Waals surface area contributed by atoms with Crippen molar-refractivity contribution in [2.75, 3.05) is 19.0 Å². The van der Waals surface area contributed by atoms with Crippen LogP contribution in [-0.2, 0) is 0 Å². The number of carbonyl (C=O) groups is 1. The van der Waals surface area contributed by atoms with Crippen LogP contribution in [-0.4, -0.2) is 35.8 Å². The van der Waals surface area contributed by atoms with Crippen LogP contribution in [0, 0.1) is 6.92 Å². The highest BCUT2D eigenvalue weighted by molar-refractivity contribution is 9.09. The van der Waals surface area contributed by atoms with Crippen LogP contribution in [0.1, 0.15) is 35.2 Å². The molecule has 0 spiro atoms. The fourth-order valence-corrected chi connectivity index (χ4v) is 2.74. The van der Waals surface area contributed by atoms with E-state index in [1.54, 1.807) is 7.11 Å². The summed E-state index contributed by atoms with van der Waals surface area (Å²) in [5, 5.41) is 0.818. The van der Waals surface area contributed by atoms with Gasteiger partial charge in [0.1, 0.15) is 5.75 Å². The van der Waals surface area contributed by atoms with E-state index in [-0.39, 0.29) is 5.91 Å². The Labute approximate surface area is 123 Å². The minimum absolute atomic E-state index is 0.113. The number of benzene rings is 1. The number of halogens is 1. The molecule has 0 atom stereocenters. The van der Waals surface area contributed by atoms with Crippen molar-refractivity contribution in [3.63, 3.8) is 0 Å². The van der Waals surface area contributed by atoms with E-state index in [0.717, 1.165) is 41.6 Å². The van der Waals surface area contributed by atoms with Gasteiger partial charge in [-0.2, -0.15) is 0 Å². The number of ether oxygens (including phenoxy) is 1. The number of methoxy groups -OCH3 is 1. The molecule has 1 amide bonds. The lowest BCUT2D eigenvalue weighted by Crippen LogP contribution is -2.45. The quantitative estimate of drug-likeness (QED) is 0.776. The monoisotopic (exact) mass is 325 g/mol. The van der Waals surface area contributed by atoms with E-state index >= 15 is 0 Å². The molecule has 0 N–H and O–H groups in total. The van der Waals surface area contributed by atoms with Gasteiger partial charge in [-0.15, -0.1) is 0 Å². The van der Waals surface area contributed by atoms with Crippen LogP contribution in [0.2, 0.25) is 0 Å². The molecule has 19 heavy (non-hydrogen) atoms. The van der Waals surface area contributed by atoms with Crippen LogP contribution >= 0.6 is 15.9 Å². The van der Waals surface area contributed by atoms with Crippen LogP contribution in [0.4, 0.5) is 0 Å². The summed E-state index contributed by atoms with van der Waals surface area (Å²) in [4.78, 5) is 14.6. The zero-order chi connectivity index (χ0) is 13.8. The first-order valence-corrected chi connectivity index (χ1v) is 7.81. The number of hydrogen-bond acceptors (Lipinski definition) is 2. The number of amides is 1. The minimum Gasteiger partial charge on any atom is -0.496 e. The second-order valence-corrected chi connectivity index (χ2v) is 5.75. The fourth-order valence-electron chi connectivity index (χ4n) is 2.36. The Bertz CT molecular complexity index is 457. The molecule has 1 saturated carbocycles. The first-order chi connectivity index (χ1) is 9.17. The second-order valence-electron chi connectivity index (χ2n) is 4.96. The number of carbonyl (C=O) groups excluding carboxylic acids is 1. The zero-order valence-electron chi connectivity index (χ0n) is 11.5. The first-order valence-electron chi connectivity index (χ1n) is 6.69. The Morgan fingerprint density at radius 2 is 2.21 bits per heavy atom. The van der Waals surface area contributed by atoms with E-state index in [1.165, 1.54) is 6.42 Å². The Kier molecular flexibility index (Phi) is 4.86. The summed E-state index contributed by atoms with van der Waals surface area (Å²) in [6.07, 6.45) is 3.48. The normalized spacial score (nSPS) is 14.9. The molecule has 1 aliphatic carbocycles. The summed E-state index contributed by atoms with van der Waals surface area (Å²) in [5.41, 5.74) is 1.77. The summed E-state index contributed by atoms with van der Waals surface area (Å²) in [7, 11) is 1.64. The van der Waals surface area contributed by atoms with Crippen molar-refractivity contribution in [3.05, 3.63) is 29.3 Å². The lowest BCUT2D eigenvalue weighted by atomic mass is 9.91. The number of hydrogen-bond donors (Lipinski definition) is 0. The molecule has 1 aliphatic rings. The summed E-state index contributed by atoms with van der Waals surface area (Å²) in [6, 6.07) is 6.09. The molecule has 104 valence electrons. The maximum Gasteiger partial charge on any atom is 0.254 e. The highest BCUT2D eigenvalue weighted by Gasteiger charge is 2.29. The summed E-state index contributed by atoms with van der Waals surface area (Å²) >= 11 is 3.43. The van der Waals surface area contributed by atoms with E-state index in [0.29, 0.717) is 6.04 Å². The Balaban J connectivity index is 2.20. The zero-order valence-corrected chi connectivity index (χ0v) is 13.1. The Morgan fingerprint density at radius 3 is 2.74 bits per heavy atom. The van der Waals surface area contributed by atoms with Crippen LogP contribution in [0.25, 0.3) is 0 Å². The maximum absolute atomic E-state index is 12.6. The summed E-state index contributed by atoms with van der Waals surface area (Å²) in [6.45, 7) is 2.75. The molecule has 3 nitrogen and oxygen atoms in total. The third-order valence-electron chi connectivity index (χ3n) is 3.76. The van der Waals surface area contributed by atoms with Gasteiger partial charge in [-0.05, 0) is 43.9 Å². The van der Waals surface area contributed by atoms with Gasteiger partial charge in [0.25, 0.3) is 5.91 Å². The van der Waals surface area contributed by atoms with Gasteiger partial charge in [0.2, 0.25) is 0 Å². The molecule has 0 unspecified atom stereocenters. The van der Waals surface area contributed by atoms with Gasteiger partial charge < -0.3 is 9.64 Å². The number of alkyl halides is 1. The van der Waals surface area contributed by atoms with Crippen molar-refractivity contribution in [1.82, 2.24) is 4.90 Å². The Morgan fingerprint density at radius 1 is 1.47 bits per heavy atom. The van der Waals surface area contributed by atoms with E-state index < -0.39 is 0 Å². The molecular weight excluding hydrogens is 306 g/mol. The standard InChI is InChI=1S/C15H20BrNO2/c1-11-6-7-12(10-14(11)19-2)15(18)17(9-8-16)13-4-3-5-13/h6-7,10,13H,3-5,8-9H2,1-2H3. The summed E-state index contributed by atoms with van der Waals surface area (Å²) in [5.74, 6) is 0.890. The smallest absolute Gasteiger partial charge is 0.254 e. The molecule has 0 bridgehead atoms. The van der Waals surface area contributed by atoms with Crippen LogP contribution in [0.3, 0.4) is 0 Å². The van der Waals surface area contributed by atoms with Gasteiger partial charge in [-0.3, -0.25) is 4.79 Å². The van der Waals surface area contributed by atoms with E-state index in [2.05, 4.69) is 15.9 Å². The SMILES string of the molecule is COc1cc(C(=O)N(CCBr)C2CCC2)ccc1C. The molecule has 0 saturated heterocycles. The largest absolute Gasteiger partial charge is 0.496 e. The maximum atomic E-state index is 12.6. The van der Waals surface area contributed by atoms with Crippen molar-refractivity contribution >= 4 is 21.8 Å². The van der Waals surface area contributed by atoms with Crippen molar-refractivity contribution in [2.24, 2.45) is 0 Å². The molecule has 4 heteroatoms. The molecule has 1 aromatic carbocycles. The van der Waals surface area contributed by atoms with Gasteiger partial charge in [0, 0.05) is 23.5 Å². The van der Waals surface area contributed by atoms with Crippen LogP contribution < -0.4 is 4.74 Å². The molecule has 0 radical (unpaired) electrons. The molecule has 1 fully saturated rings. The predicted octanol–water partition coefficient (Wildman–Crippen LogP) is 3.39. The highest BCUT2D eigenvalue weighted by atomic mass is 79.9. The van der Waals surface area contributed by atoms with Gasteiger partial charge in [-0.1, -0.05) is 22.0 Å². The van der Waals surface area contributed by atoms with Gasteiger partial charge in [0.05, 0.1) is 7.11 Å². The van der Waals surface area contributed by atoms with Crippen molar-refractivity contribution in [3.8, 4) is 5.75 Å². The second kappa shape index (κ2) is 6.42. The number of rotatable bonds is 5. The lowest BCUT2D eigenvalue weighted by Gasteiger charge is -2.37. The van der Waals surface area contributed by atoms with E-state index in [4.69, 9.17) is 4.74 Å². The van der Waals surface area contributed by atoms with Crippen molar-refractivity contribution in [1.29, 1.82) is 0 Å². The number of aryl methyl sites for hydroxylation is 1. The third kappa shape index (κ3) is 3.11. The van der Waals surface area contributed by atoms with Gasteiger partial charge >= 0.3 is 0 Å². The molecular formula is C15H20BrNO2. The molecule has 2 rings (SSSR count). The highest BCUT2D eigenvalue weighted by Crippen LogP contribution is 2.27. The van der Waals surface area contributed by atoms with E-state index in [9.17, 15) is 4.79 Å². The lowest BCUT2D eigenvalue weighted by molar-refractivity contribution is 0.0599. The third-order valence-corrected chi connectivity index (χ3v) is 4.11. The van der Waals surface area contributed by atoms with Crippen LogP contribution in [0.5, 0.6) is 5.75 Å². The number of nitrogens with zero attached hydrogens (tertiary/aromatic N) is 1. The molecule has 0 aromatic heterocycles. The molecule has 0 aliphatic heterocycles.